The highest BCUT2D eigenvalue weighted by Gasteiger charge is 2.33. The number of rotatable bonds is 5. The highest BCUT2D eigenvalue weighted by molar-refractivity contribution is 4.89. The molecule has 3 unspecified atom stereocenters. The van der Waals surface area contributed by atoms with Gasteiger partial charge in [-0.05, 0) is 65.3 Å². The van der Waals surface area contributed by atoms with Gasteiger partial charge in [-0.3, -0.25) is 0 Å². The molecule has 18 heavy (non-hydrogen) atoms. The molecule has 4 nitrogen and oxygen atoms in total. The first-order valence-corrected chi connectivity index (χ1v) is 7.45. The highest BCUT2D eigenvalue weighted by atomic mass is 16.3. The lowest BCUT2D eigenvalue weighted by Gasteiger charge is -2.46. The molecule has 0 aromatic heterocycles. The van der Waals surface area contributed by atoms with Crippen molar-refractivity contribution in [2.45, 2.75) is 37.8 Å². The van der Waals surface area contributed by atoms with Crippen molar-refractivity contribution in [2.24, 2.45) is 5.92 Å². The van der Waals surface area contributed by atoms with Gasteiger partial charge in [0.25, 0.3) is 0 Å². The summed E-state index contributed by atoms with van der Waals surface area (Å²) in [4.78, 5) is 5.16. The maximum absolute atomic E-state index is 9.19. The summed E-state index contributed by atoms with van der Waals surface area (Å²) in [5, 5.41) is 12.4. The van der Waals surface area contributed by atoms with Crippen molar-refractivity contribution in [3.63, 3.8) is 0 Å². The summed E-state index contributed by atoms with van der Waals surface area (Å²) < 4.78 is 0. The van der Waals surface area contributed by atoms with E-state index in [0.29, 0.717) is 0 Å². The Hall–Kier alpha value is -0.160. The number of nitrogens with one attached hydrogen (secondary N) is 1. The maximum atomic E-state index is 9.19. The minimum absolute atomic E-state index is 0.249. The predicted molar refractivity (Wildman–Crippen MR) is 74.7 cm³/mol. The van der Waals surface area contributed by atoms with Crippen LogP contribution in [0.2, 0.25) is 0 Å². The molecule has 0 spiro atoms. The molecule has 2 fully saturated rings. The van der Waals surface area contributed by atoms with Gasteiger partial charge in [0, 0.05) is 18.6 Å². The van der Waals surface area contributed by atoms with Crippen LogP contribution >= 0.6 is 0 Å². The van der Waals surface area contributed by atoms with E-state index >= 15 is 0 Å². The van der Waals surface area contributed by atoms with Crippen molar-refractivity contribution in [2.75, 3.05) is 46.9 Å². The number of fused-ring (bicyclic) bond motifs is 1. The van der Waals surface area contributed by atoms with Crippen molar-refractivity contribution in [1.29, 1.82) is 0 Å². The Labute approximate surface area is 111 Å². The van der Waals surface area contributed by atoms with E-state index < -0.39 is 0 Å². The van der Waals surface area contributed by atoms with E-state index in [2.05, 4.69) is 22.2 Å². The topological polar surface area (TPSA) is 38.7 Å². The number of nitrogens with zero attached hydrogens (tertiary/aromatic N) is 2. The second-order valence-corrected chi connectivity index (χ2v) is 6.00. The summed E-state index contributed by atoms with van der Waals surface area (Å²) in [6.45, 7) is 5.15. The fourth-order valence-electron chi connectivity index (χ4n) is 3.60. The van der Waals surface area contributed by atoms with Gasteiger partial charge in [-0.15, -0.1) is 0 Å². The van der Waals surface area contributed by atoms with E-state index in [1.165, 1.54) is 38.9 Å². The minimum atomic E-state index is 0.249. The first kappa shape index (κ1) is 14.3. The summed E-state index contributed by atoms with van der Waals surface area (Å²) in [7, 11) is 4.22. The van der Waals surface area contributed by atoms with E-state index in [-0.39, 0.29) is 12.6 Å². The van der Waals surface area contributed by atoms with Crippen LogP contribution in [0.4, 0.5) is 0 Å². The van der Waals surface area contributed by atoms with Crippen molar-refractivity contribution in [1.82, 2.24) is 15.1 Å². The Balaban J connectivity index is 1.76. The average molecular weight is 255 g/mol. The van der Waals surface area contributed by atoms with Gasteiger partial charge < -0.3 is 20.2 Å². The number of aliphatic hydroxyl groups is 1. The number of hydrogen-bond acceptors (Lipinski definition) is 4. The summed E-state index contributed by atoms with van der Waals surface area (Å²) in [5.41, 5.74) is 0. The number of piperidine rings is 2. The average Bonchev–Trinajstić information content (AvgIpc) is 2.40. The second-order valence-electron chi connectivity index (χ2n) is 6.00. The summed E-state index contributed by atoms with van der Waals surface area (Å²) in [6, 6.07) is 1.09. The fraction of sp³-hybridized carbons (Fsp3) is 1.00. The van der Waals surface area contributed by atoms with Crippen LogP contribution in [0.5, 0.6) is 0 Å². The second kappa shape index (κ2) is 6.85. The molecule has 2 aliphatic heterocycles. The van der Waals surface area contributed by atoms with Gasteiger partial charge in [0.05, 0.1) is 6.61 Å². The van der Waals surface area contributed by atoms with E-state index in [0.717, 1.165) is 24.9 Å². The number of aliphatic hydroxyl groups excluding tert-OH is 1. The van der Waals surface area contributed by atoms with E-state index in [9.17, 15) is 5.11 Å². The van der Waals surface area contributed by atoms with E-state index in [1.807, 2.05) is 7.05 Å². The Morgan fingerprint density at radius 1 is 1.33 bits per heavy atom. The molecule has 2 heterocycles. The van der Waals surface area contributed by atoms with Crippen LogP contribution in [0.25, 0.3) is 0 Å². The van der Waals surface area contributed by atoms with Crippen molar-refractivity contribution < 1.29 is 5.11 Å². The Morgan fingerprint density at radius 3 is 2.89 bits per heavy atom. The molecule has 0 bridgehead atoms. The zero-order valence-electron chi connectivity index (χ0n) is 11.9. The van der Waals surface area contributed by atoms with E-state index in [1.54, 1.807) is 0 Å². The SMILES string of the molecule is CNC(CO)CCN1CCC2C(CCCN2C)C1. The fourth-order valence-corrected chi connectivity index (χ4v) is 3.60. The maximum Gasteiger partial charge on any atom is 0.0585 e. The van der Waals surface area contributed by atoms with Gasteiger partial charge in [0.15, 0.2) is 0 Å². The molecule has 2 saturated heterocycles. The summed E-state index contributed by atoms with van der Waals surface area (Å²) in [6.07, 6.45) is 5.15. The molecule has 0 saturated carbocycles. The Morgan fingerprint density at radius 2 is 2.17 bits per heavy atom. The third kappa shape index (κ3) is 3.44. The molecule has 2 rings (SSSR count). The smallest absolute Gasteiger partial charge is 0.0585 e. The molecule has 0 aromatic rings. The van der Waals surface area contributed by atoms with E-state index in [4.69, 9.17) is 0 Å². The third-order valence-electron chi connectivity index (χ3n) is 4.85. The third-order valence-corrected chi connectivity index (χ3v) is 4.85. The molecule has 2 N–H and O–H groups in total. The first-order chi connectivity index (χ1) is 8.74. The van der Waals surface area contributed by atoms with Crippen molar-refractivity contribution in [3.05, 3.63) is 0 Å². The van der Waals surface area contributed by atoms with Gasteiger partial charge in [-0.1, -0.05) is 0 Å². The summed E-state index contributed by atoms with van der Waals surface area (Å²) >= 11 is 0. The van der Waals surface area contributed by atoms with Gasteiger partial charge in [-0.2, -0.15) is 0 Å². The normalized spacial score (nSPS) is 32.2. The largest absolute Gasteiger partial charge is 0.395 e. The molecule has 4 heteroatoms. The molecule has 0 amide bonds. The standard InChI is InChI=1S/C14H29N3O/c1-15-13(11-18)5-8-17-9-6-14-12(10-17)4-3-7-16(14)2/h12-15,18H,3-11H2,1-2H3. The molecule has 0 aromatic carbocycles. The lowest BCUT2D eigenvalue weighted by molar-refractivity contribution is 0.0364. The monoisotopic (exact) mass is 255 g/mol. The lowest BCUT2D eigenvalue weighted by atomic mass is 9.84. The van der Waals surface area contributed by atoms with Crippen LogP contribution in [0.15, 0.2) is 0 Å². The van der Waals surface area contributed by atoms with Crippen LogP contribution in [-0.2, 0) is 0 Å². The Bertz CT molecular complexity index is 245. The minimum Gasteiger partial charge on any atom is -0.395 e. The van der Waals surface area contributed by atoms with Crippen LogP contribution in [0.1, 0.15) is 25.7 Å². The van der Waals surface area contributed by atoms with Crippen LogP contribution < -0.4 is 5.32 Å². The highest BCUT2D eigenvalue weighted by Crippen LogP contribution is 2.29. The number of likely N-dealkylation sites (N-methyl/N-ethyl adjacent to an activating group) is 1. The quantitative estimate of drug-likeness (QED) is 0.745. The molecule has 0 radical (unpaired) electrons. The van der Waals surface area contributed by atoms with Gasteiger partial charge in [0.1, 0.15) is 0 Å². The number of likely N-dealkylation sites (tertiary alicyclic amines) is 2. The first-order valence-electron chi connectivity index (χ1n) is 7.45. The summed E-state index contributed by atoms with van der Waals surface area (Å²) in [5.74, 6) is 0.875. The molecule has 3 atom stereocenters. The van der Waals surface area contributed by atoms with Crippen LogP contribution in [-0.4, -0.2) is 73.9 Å². The zero-order chi connectivity index (χ0) is 13.0. The molecule has 106 valence electrons. The van der Waals surface area contributed by atoms with Crippen LogP contribution in [0.3, 0.4) is 0 Å². The van der Waals surface area contributed by atoms with Crippen molar-refractivity contribution in [3.8, 4) is 0 Å². The number of hydrogen-bond donors (Lipinski definition) is 2. The predicted octanol–water partition coefficient (Wildman–Crippen LogP) is 0.373. The zero-order valence-corrected chi connectivity index (χ0v) is 11.9. The van der Waals surface area contributed by atoms with Crippen LogP contribution in [0, 0.1) is 5.92 Å². The van der Waals surface area contributed by atoms with Gasteiger partial charge in [-0.25, -0.2) is 0 Å². The molecule has 2 aliphatic rings. The van der Waals surface area contributed by atoms with Crippen molar-refractivity contribution >= 4 is 0 Å². The molecular formula is C14H29N3O. The molecule has 0 aliphatic carbocycles. The van der Waals surface area contributed by atoms with Gasteiger partial charge in [0.2, 0.25) is 0 Å². The lowest BCUT2D eigenvalue weighted by Crippen LogP contribution is -2.53. The Kier molecular flexibility index (Phi) is 5.42. The molecular weight excluding hydrogens is 226 g/mol. The van der Waals surface area contributed by atoms with Gasteiger partial charge >= 0.3 is 0 Å².